The number of alkyl halides is 1. The molecule has 27 heavy (non-hydrogen) atoms. The normalized spacial score (nSPS) is 28.2. The number of aliphatic hydroxyl groups is 2. The Morgan fingerprint density at radius 3 is 2.67 bits per heavy atom. The summed E-state index contributed by atoms with van der Waals surface area (Å²) >= 11 is 0. The molecule has 0 aromatic carbocycles. The highest BCUT2D eigenvalue weighted by Gasteiger charge is 2.55. The zero-order valence-electron chi connectivity index (χ0n) is 15.6. The summed E-state index contributed by atoms with van der Waals surface area (Å²) in [6, 6.07) is 0. The lowest BCUT2D eigenvalue weighted by atomic mass is 9.98. The van der Waals surface area contributed by atoms with Gasteiger partial charge in [0.05, 0.1) is 17.6 Å². The summed E-state index contributed by atoms with van der Waals surface area (Å²) in [5.41, 5.74) is 3.87. The predicted molar refractivity (Wildman–Crippen MR) is 99.7 cm³/mol. The second-order valence-electron chi connectivity index (χ2n) is 7.79. The Kier molecular flexibility index (Phi) is 5.00. The van der Waals surface area contributed by atoms with Crippen molar-refractivity contribution in [3.8, 4) is 11.5 Å². The van der Waals surface area contributed by atoms with Crippen LogP contribution in [-0.2, 0) is 4.74 Å². The Morgan fingerprint density at radius 2 is 2.11 bits per heavy atom. The second kappa shape index (κ2) is 6.85. The van der Waals surface area contributed by atoms with Crippen LogP contribution in [0.15, 0.2) is 12.5 Å². The Bertz CT molecular complexity index is 915. The largest absolute Gasteiger partial charge is 0.394 e. The van der Waals surface area contributed by atoms with Gasteiger partial charge in [-0.15, -0.1) is 5.54 Å². The maximum Gasteiger partial charge on any atom is 0.181 e. The lowest BCUT2D eigenvalue weighted by Gasteiger charge is -2.25. The van der Waals surface area contributed by atoms with E-state index < -0.39 is 38.8 Å². The van der Waals surface area contributed by atoms with Crippen LogP contribution < -0.4 is 5.48 Å². The van der Waals surface area contributed by atoms with Gasteiger partial charge in [0.1, 0.15) is 32.3 Å². The van der Waals surface area contributed by atoms with E-state index in [-0.39, 0.29) is 5.82 Å². The lowest BCUT2D eigenvalue weighted by Crippen LogP contribution is -2.40. The highest BCUT2D eigenvalue weighted by Crippen LogP contribution is 2.43. The molecule has 0 bridgehead atoms. The molecule has 0 radical (unpaired) electrons. The Morgan fingerprint density at radius 1 is 1.41 bits per heavy atom. The zero-order valence-corrected chi connectivity index (χ0v) is 16.6. The standard InChI is InChI=1S/C17H23FN4O4Si/c1-17(18)13(24)11(8-23)26-16(17)22-7-10(5-6-27(2,3)4)12-14(21-25)19-9-20-15(12)22/h7,9,11,13,16,23-25H,8H2,1-4H3,(H,19,20,21)/t11?,13?,16-,17-/m1/s1. The van der Waals surface area contributed by atoms with Crippen LogP contribution >= 0.6 is 0 Å². The summed E-state index contributed by atoms with van der Waals surface area (Å²) in [7, 11) is -1.71. The highest BCUT2D eigenvalue weighted by molar-refractivity contribution is 6.83. The van der Waals surface area contributed by atoms with Crippen LogP contribution in [0.1, 0.15) is 18.7 Å². The summed E-state index contributed by atoms with van der Waals surface area (Å²) in [6.07, 6.45) is -0.995. The minimum absolute atomic E-state index is 0.136. The molecule has 0 amide bonds. The number of hydrogen-bond donors (Lipinski definition) is 4. The van der Waals surface area contributed by atoms with Gasteiger partial charge in [0.25, 0.3) is 0 Å². The third-order valence-electron chi connectivity index (χ3n) is 4.44. The molecular formula is C17H23FN4O4Si. The molecule has 1 aliphatic rings. The number of fused-ring (bicyclic) bond motifs is 1. The van der Waals surface area contributed by atoms with Crippen LogP contribution in [0.25, 0.3) is 11.0 Å². The number of aliphatic hydroxyl groups excluding tert-OH is 2. The van der Waals surface area contributed by atoms with Crippen molar-refractivity contribution in [3.63, 3.8) is 0 Å². The third-order valence-corrected chi connectivity index (χ3v) is 5.31. The van der Waals surface area contributed by atoms with Gasteiger partial charge < -0.3 is 19.5 Å². The van der Waals surface area contributed by atoms with E-state index in [1.54, 1.807) is 6.20 Å². The van der Waals surface area contributed by atoms with Crippen LogP contribution in [0.2, 0.25) is 19.6 Å². The van der Waals surface area contributed by atoms with E-state index in [0.29, 0.717) is 16.6 Å². The smallest absolute Gasteiger partial charge is 0.181 e. The fraction of sp³-hybridized carbons (Fsp3) is 0.529. The Labute approximate surface area is 157 Å². The van der Waals surface area contributed by atoms with Crippen molar-refractivity contribution in [1.82, 2.24) is 14.5 Å². The topological polar surface area (TPSA) is 113 Å². The van der Waals surface area contributed by atoms with Gasteiger partial charge in [-0.05, 0) is 6.92 Å². The summed E-state index contributed by atoms with van der Waals surface area (Å²) in [4.78, 5) is 8.18. The van der Waals surface area contributed by atoms with Crippen molar-refractivity contribution in [2.24, 2.45) is 0 Å². The van der Waals surface area contributed by atoms with Crippen LogP contribution in [0.3, 0.4) is 0 Å². The number of halogens is 1. The first-order valence-corrected chi connectivity index (χ1v) is 12.0. The van der Waals surface area contributed by atoms with E-state index in [9.17, 15) is 15.4 Å². The number of aromatic nitrogens is 3. The maximum atomic E-state index is 15.2. The van der Waals surface area contributed by atoms with Crippen molar-refractivity contribution < 1.29 is 24.5 Å². The third kappa shape index (κ3) is 3.44. The van der Waals surface area contributed by atoms with E-state index in [0.717, 1.165) is 0 Å². The zero-order chi connectivity index (χ0) is 20.0. The molecule has 1 saturated heterocycles. The van der Waals surface area contributed by atoms with E-state index in [1.807, 2.05) is 5.48 Å². The van der Waals surface area contributed by atoms with Crippen molar-refractivity contribution in [3.05, 3.63) is 18.1 Å². The van der Waals surface area contributed by atoms with Crippen LogP contribution in [0, 0.1) is 11.5 Å². The number of ether oxygens (including phenoxy) is 1. The molecule has 146 valence electrons. The molecule has 1 aliphatic heterocycles. The summed E-state index contributed by atoms with van der Waals surface area (Å²) in [5.74, 6) is 3.22. The van der Waals surface area contributed by atoms with E-state index in [4.69, 9.17) is 4.74 Å². The molecule has 3 heterocycles. The summed E-state index contributed by atoms with van der Waals surface area (Å²) in [5, 5.41) is 29.4. The van der Waals surface area contributed by atoms with Crippen molar-refractivity contribution in [2.75, 3.05) is 12.1 Å². The molecule has 2 aromatic rings. The second-order valence-corrected chi connectivity index (χ2v) is 12.5. The van der Waals surface area contributed by atoms with Gasteiger partial charge >= 0.3 is 0 Å². The molecule has 2 aromatic heterocycles. The predicted octanol–water partition coefficient (Wildman–Crippen LogP) is 1.44. The first-order chi connectivity index (χ1) is 12.6. The van der Waals surface area contributed by atoms with Gasteiger partial charge in [-0.2, -0.15) is 0 Å². The molecule has 4 N–H and O–H groups in total. The fourth-order valence-corrected chi connectivity index (χ4v) is 3.57. The number of nitrogens with one attached hydrogen (secondary N) is 1. The Hall–Kier alpha value is -2.03. The summed E-state index contributed by atoms with van der Waals surface area (Å²) < 4.78 is 22.2. The quantitative estimate of drug-likeness (QED) is 0.354. The van der Waals surface area contributed by atoms with Gasteiger partial charge in [-0.1, -0.05) is 25.6 Å². The van der Waals surface area contributed by atoms with Gasteiger partial charge in [0.15, 0.2) is 17.7 Å². The average Bonchev–Trinajstić information content (AvgIpc) is 3.08. The molecule has 4 atom stereocenters. The number of rotatable bonds is 3. The highest BCUT2D eigenvalue weighted by atomic mass is 28.3. The average molecular weight is 394 g/mol. The number of hydrogen-bond acceptors (Lipinski definition) is 7. The Balaban J connectivity index is 2.21. The van der Waals surface area contributed by atoms with Gasteiger partial charge in [-0.3, -0.25) is 10.7 Å². The molecule has 3 rings (SSSR count). The van der Waals surface area contributed by atoms with Crippen LogP contribution in [0.5, 0.6) is 0 Å². The molecule has 0 aliphatic carbocycles. The van der Waals surface area contributed by atoms with Crippen molar-refractivity contribution in [1.29, 1.82) is 0 Å². The molecule has 0 spiro atoms. The molecule has 2 unspecified atom stereocenters. The van der Waals surface area contributed by atoms with E-state index in [2.05, 4.69) is 41.1 Å². The lowest BCUT2D eigenvalue weighted by molar-refractivity contribution is -0.0564. The molecule has 10 heteroatoms. The van der Waals surface area contributed by atoms with Crippen LogP contribution in [-0.4, -0.2) is 62.5 Å². The molecular weight excluding hydrogens is 371 g/mol. The molecule has 0 saturated carbocycles. The van der Waals surface area contributed by atoms with Crippen molar-refractivity contribution in [2.45, 2.75) is 50.7 Å². The minimum atomic E-state index is -2.17. The molecule has 1 fully saturated rings. The SMILES string of the molecule is C[C@@]1(F)C(O)C(CO)O[C@H]1n1cc(C#C[Si](C)(C)C)c2c(NO)ncnc21. The number of anilines is 1. The van der Waals surface area contributed by atoms with Gasteiger partial charge in [-0.25, -0.2) is 14.4 Å². The maximum absolute atomic E-state index is 15.2. The number of nitrogens with zero attached hydrogens (tertiary/aromatic N) is 3. The first kappa shape index (κ1) is 19.7. The van der Waals surface area contributed by atoms with Crippen molar-refractivity contribution >= 4 is 24.9 Å². The van der Waals surface area contributed by atoms with Gasteiger partial charge in [0, 0.05) is 6.20 Å². The van der Waals surface area contributed by atoms with E-state index in [1.165, 1.54) is 17.8 Å². The minimum Gasteiger partial charge on any atom is -0.394 e. The van der Waals surface area contributed by atoms with E-state index >= 15 is 4.39 Å². The fourth-order valence-electron chi connectivity index (χ4n) is 3.06. The molecule has 8 nitrogen and oxygen atoms in total. The van der Waals surface area contributed by atoms with Crippen LogP contribution in [0.4, 0.5) is 10.2 Å². The first-order valence-electron chi connectivity index (χ1n) is 8.52. The van der Waals surface area contributed by atoms with Gasteiger partial charge in [0.2, 0.25) is 0 Å². The summed E-state index contributed by atoms with van der Waals surface area (Å²) in [6.45, 7) is 6.95. The monoisotopic (exact) mass is 394 g/mol.